The van der Waals surface area contributed by atoms with Gasteiger partial charge in [0.2, 0.25) is 0 Å². The molecule has 1 aromatic heterocycles. The summed E-state index contributed by atoms with van der Waals surface area (Å²) < 4.78 is 23.3. The average Bonchev–Trinajstić information content (AvgIpc) is 3.24. The zero-order chi connectivity index (χ0) is 18.6. The molecule has 2 aliphatic rings. The first-order valence-electron chi connectivity index (χ1n) is 9.46. The monoisotopic (exact) mass is 399 g/mol. The highest BCUT2D eigenvalue weighted by molar-refractivity contribution is 7.91. The van der Waals surface area contributed by atoms with Crippen molar-refractivity contribution < 1.29 is 13.2 Å². The maximum absolute atomic E-state index is 12.5. The molecule has 0 aliphatic carbocycles. The normalized spacial score (nSPS) is 23.8. The van der Waals surface area contributed by atoms with Gasteiger partial charge < -0.3 is 10.2 Å². The predicted octanol–water partition coefficient (Wildman–Crippen LogP) is 2.18. The second kappa shape index (κ2) is 8.71. The summed E-state index contributed by atoms with van der Waals surface area (Å²) >= 11 is 1.80. The third-order valence-corrected chi connectivity index (χ3v) is 8.07. The van der Waals surface area contributed by atoms with E-state index in [-0.39, 0.29) is 23.6 Å². The SMILES string of the molecule is CCN(C(=O)NCC1CCN(Cc2cccs2)CC1)C1CCS(=O)(=O)C1. The molecule has 0 radical (unpaired) electrons. The predicted molar refractivity (Wildman–Crippen MR) is 105 cm³/mol. The van der Waals surface area contributed by atoms with E-state index in [1.165, 1.54) is 4.88 Å². The first-order chi connectivity index (χ1) is 12.5. The van der Waals surface area contributed by atoms with E-state index in [4.69, 9.17) is 0 Å². The van der Waals surface area contributed by atoms with Gasteiger partial charge in [-0.1, -0.05) is 6.07 Å². The van der Waals surface area contributed by atoms with E-state index < -0.39 is 9.84 Å². The molecule has 6 nitrogen and oxygen atoms in total. The lowest BCUT2D eigenvalue weighted by Crippen LogP contribution is -2.48. The number of nitrogens with one attached hydrogen (secondary N) is 1. The fourth-order valence-electron chi connectivity index (χ4n) is 3.89. The van der Waals surface area contributed by atoms with Crippen LogP contribution in [0.3, 0.4) is 0 Å². The van der Waals surface area contributed by atoms with Gasteiger partial charge in [-0.15, -0.1) is 11.3 Å². The van der Waals surface area contributed by atoms with Crippen molar-refractivity contribution in [3.05, 3.63) is 22.4 Å². The number of hydrogen-bond donors (Lipinski definition) is 1. The van der Waals surface area contributed by atoms with Crippen LogP contribution in [0.5, 0.6) is 0 Å². The molecule has 2 amide bonds. The number of carbonyl (C=O) groups excluding carboxylic acids is 1. The minimum absolute atomic E-state index is 0.107. The Bertz CT molecular complexity index is 683. The molecule has 146 valence electrons. The van der Waals surface area contributed by atoms with Crippen LogP contribution in [0.4, 0.5) is 4.79 Å². The van der Waals surface area contributed by atoms with E-state index >= 15 is 0 Å². The topological polar surface area (TPSA) is 69.7 Å². The molecule has 2 fully saturated rings. The van der Waals surface area contributed by atoms with Crippen LogP contribution in [0, 0.1) is 5.92 Å². The standard InChI is InChI=1S/C18H29N3O3S2/c1-2-21(16-7-11-26(23,24)14-16)18(22)19-12-15-5-8-20(9-6-15)13-17-4-3-10-25-17/h3-4,10,15-16H,2,5-9,11-14H2,1H3,(H,19,22). The summed E-state index contributed by atoms with van der Waals surface area (Å²) in [6.45, 7) is 6.30. The Morgan fingerprint density at radius 2 is 2.12 bits per heavy atom. The van der Waals surface area contributed by atoms with Crippen LogP contribution in [0.25, 0.3) is 0 Å². The smallest absolute Gasteiger partial charge is 0.317 e. The number of thiophene rings is 1. The highest BCUT2D eigenvalue weighted by atomic mass is 32.2. The zero-order valence-corrected chi connectivity index (χ0v) is 17.0. The molecule has 3 rings (SSSR count). The van der Waals surface area contributed by atoms with Gasteiger partial charge in [-0.25, -0.2) is 13.2 Å². The lowest BCUT2D eigenvalue weighted by atomic mass is 9.97. The first kappa shape index (κ1) is 19.6. The molecule has 1 atom stereocenters. The lowest BCUT2D eigenvalue weighted by Gasteiger charge is -2.33. The maximum atomic E-state index is 12.5. The van der Waals surface area contributed by atoms with Gasteiger partial charge in [0.05, 0.1) is 11.5 Å². The second-order valence-corrected chi connectivity index (χ2v) is 10.6. The number of carbonyl (C=O) groups is 1. The molecule has 2 aliphatic heterocycles. The summed E-state index contributed by atoms with van der Waals surface area (Å²) in [4.78, 5) is 18.1. The van der Waals surface area contributed by atoms with Gasteiger partial charge in [0.15, 0.2) is 9.84 Å². The zero-order valence-electron chi connectivity index (χ0n) is 15.4. The van der Waals surface area contributed by atoms with Crippen molar-refractivity contribution in [1.82, 2.24) is 15.1 Å². The summed E-state index contributed by atoms with van der Waals surface area (Å²) in [6.07, 6.45) is 2.75. The summed E-state index contributed by atoms with van der Waals surface area (Å²) in [5, 5.41) is 5.16. The van der Waals surface area contributed by atoms with E-state index in [2.05, 4.69) is 27.7 Å². The van der Waals surface area contributed by atoms with Gasteiger partial charge in [0.25, 0.3) is 0 Å². The van der Waals surface area contributed by atoms with E-state index in [1.807, 2.05) is 6.92 Å². The summed E-state index contributed by atoms with van der Waals surface area (Å²) in [7, 11) is -2.97. The molecule has 8 heteroatoms. The second-order valence-electron chi connectivity index (χ2n) is 7.33. The number of hydrogen-bond acceptors (Lipinski definition) is 5. The third-order valence-electron chi connectivity index (χ3n) is 5.46. The Hall–Kier alpha value is -1.12. The molecule has 1 N–H and O–H groups in total. The first-order valence-corrected chi connectivity index (χ1v) is 12.2. The van der Waals surface area contributed by atoms with Crippen LogP contribution >= 0.6 is 11.3 Å². The molecule has 0 saturated carbocycles. The van der Waals surface area contributed by atoms with Gasteiger partial charge >= 0.3 is 6.03 Å². The fourth-order valence-corrected chi connectivity index (χ4v) is 6.37. The van der Waals surface area contributed by atoms with Crippen molar-refractivity contribution in [3.63, 3.8) is 0 Å². The summed E-state index contributed by atoms with van der Waals surface area (Å²) in [6, 6.07) is 3.99. The molecular formula is C18H29N3O3S2. The van der Waals surface area contributed by atoms with E-state index in [9.17, 15) is 13.2 Å². The number of nitrogens with zero attached hydrogens (tertiary/aromatic N) is 2. The minimum atomic E-state index is -2.97. The van der Waals surface area contributed by atoms with E-state index in [0.29, 0.717) is 25.4 Å². The molecule has 1 aromatic rings. The molecule has 2 saturated heterocycles. The number of urea groups is 1. The van der Waals surface area contributed by atoms with Crippen molar-refractivity contribution in [1.29, 1.82) is 0 Å². The van der Waals surface area contributed by atoms with E-state index in [0.717, 1.165) is 32.5 Å². The van der Waals surface area contributed by atoms with Crippen LogP contribution in [-0.4, -0.2) is 68.0 Å². The van der Waals surface area contributed by atoms with Crippen LogP contribution in [0.2, 0.25) is 0 Å². The van der Waals surface area contributed by atoms with Crippen molar-refractivity contribution in [2.45, 2.75) is 38.8 Å². The minimum Gasteiger partial charge on any atom is -0.338 e. The van der Waals surface area contributed by atoms with Gasteiger partial charge in [0.1, 0.15) is 0 Å². The summed E-state index contributed by atoms with van der Waals surface area (Å²) in [5.41, 5.74) is 0. The van der Waals surface area contributed by atoms with Crippen molar-refractivity contribution in [2.75, 3.05) is 37.7 Å². The number of rotatable bonds is 6. The highest BCUT2D eigenvalue weighted by Crippen LogP contribution is 2.21. The molecule has 0 aromatic carbocycles. The van der Waals surface area contributed by atoms with E-state index in [1.54, 1.807) is 16.2 Å². The number of amides is 2. The Labute approximate surface area is 160 Å². The number of sulfone groups is 1. The van der Waals surface area contributed by atoms with Gasteiger partial charge in [-0.3, -0.25) is 4.90 Å². The Morgan fingerprint density at radius 1 is 1.35 bits per heavy atom. The molecular weight excluding hydrogens is 370 g/mol. The lowest BCUT2D eigenvalue weighted by molar-refractivity contribution is 0.164. The molecule has 3 heterocycles. The quantitative estimate of drug-likeness (QED) is 0.796. The molecule has 0 bridgehead atoms. The average molecular weight is 400 g/mol. The van der Waals surface area contributed by atoms with Crippen molar-refractivity contribution in [2.24, 2.45) is 5.92 Å². The fraction of sp³-hybridized carbons (Fsp3) is 0.722. The molecule has 26 heavy (non-hydrogen) atoms. The number of piperidine rings is 1. The Morgan fingerprint density at radius 3 is 2.69 bits per heavy atom. The van der Waals surface area contributed by atoms with Crippen LogP contribution in [0.15, 0.2) is 17.5 Å². The van der Waals surface area contributed by atoms with Crippen molar-refractivity contribution in [3.8, 4) is 0 Å². The maximum Gasteiger partial charge on any atom is 0.317 e. The van der Waals surface area contributed by atoms with Crippen molar-refractivity contribution >= 4 is 27.2 Å². The largest absolute Gasteiger partial charge is 0.338 e. The number of likely N-dealkylation sites (tertiary alicyclic amines) is 1. The Balaban J connectivity index is 1.40. The Kier molecular flexibility index (Phi) is 6.58. The van der Waals surface area contributed by atoms with Crippen LogP contribution < -0.4 is 5.32 Å². The van der Waals surface area contributed by atoms with Crippen LogP contribution in [-0.2, 0) is 16.4 Å². The molecule has 1 unspecified atom stereocenters. The van der Waals surface area contributed by atoms with Crippen LogP contribution in [0.1, 0.15) is 31.1 Å². The molecule has 0 spiro atoms. The third kappa shape index (κ3) is 5.20. The van der Waals surface area contributed by atoms with Gasteiger partial charge in [-0.05, 0) is 56.6 Å². The van der Waals surface area contributed by atoms with Gasteiger partial charge in [0, 0.05) is 30.6 Å². The highest BCUT2D eigenvalue weighted by Gasteiger charge is 2.34. The summed E-state index contributed by atoms with van der Waals surface area (Å²) in [5.74, 6) is 0.809. The van der Waals surface area contributed by atoms with Gasteiger partial charge in [-0.2, -0.15) is 0 Å².